The lowest BCUT2D eigenvalue weighted by atomic mass is 10.2. The molecule has 1 aromatic heterocycles. The van der Waals surface area contributed by atoms with Crippen LogP contribution in [0.3, 0.4) is 0 Å². The van der Waals surface area contributed by atoms with Crippen molar-refractivity contribution in [1.29, 1.82) is 0 Å². The van der Waals surface area contributed by atoms with Gasteiger partial charge in [-0.1, -0.05) is 18.2 Å². The molecule has 19 heavy (non-hydrogen) atoms. The monoisotopic (exact) mass is 278 g/mol. The predicted molar refractivity (Wildman–Crippen MR) is 79.7 cm³/mol. The smallest absolute Gasteiger partial charge is 0.266 e. The van der Waals surface area contributed by atoms with E-state index in [0.717, 1.165) is 10.1 Å². The summed E-state index contributed by atoms with van der Waals surface area (Å²) >= 11 is 1.45. The third kappa shape index (κ3) is 2.72. The van der Waals surface area contributed by atoms with Gasteiger partial charge in [0.1, 0.15) is 4.88 Å². The third-order valence-corrected chi connectivity index (χ3v) is 4.24. The molecule has 1 heterocycles. The highest BCUT2D eigenvalue weighted by Crippen LogP contribution is 2.34. The van der Waals surface area contributed by atoms with Crippen molar-refractivity contribution >= 4 is 33.0 Å². The highest BCUT2D eigenvalue weighted by atomic mass is 32.1. The molecule has 2 aromatic rings. The molecule has 2 rings (SSSR count). The fraction of sp³-hybridized carbons (Fsp3) is 0.357. The number of fused-ring (bicyclic) bond motifs is 1. The molecule has 0 aliphatic carbocycles. The van der Waals surface area contributed by atoms with Crippen molar-refractivity contribution < 1.29 is 9.53 Å². The van der Waals surface area contributed by atoms with Crippen molar-refractivity contribution in [3.63, 3.8) is 0 Å². The van der Waals surface area contributed by atoms with E-state index in [1.807, 2.05) is 31.2 Å². The minimum Gasteiger partial charge on any atom is -0.397 e. The van der Waals surface area contributed by atoms with E-state index < -0.39 is 0 Å². The Morgan fingerprint density at radius 2 is 2.16 bits per heavy atom. The van der Waals surface area contributed by atoms with Gasteiger partial charge in [0, 0.05) is 30.3 Å². The third-order valence-electron chi connectivity index (χ3n) is 3.06. The zero-order valence-electron chi connectivity index (χ0n) is 11.2. The summed E-state index contributed by atoms with van der Waals surface area (Å²) < 4.78 is 6.07. The molecule has 0 bridgehead atoms. The standard InChI is InChI=1S/C14H18N2O2S/c1-3-16(8-9-18-2)14(17)13-12(15)10-6-4-5-7-11(10)19-13/h4-7H,3,8-9,15H2,1-2H3. The summed E-state index contributed by atoms with van der Waals surface area (Å²) in [5.74, 6) is -0.0155. The number of anilines is 1. The molecule has 0 aliphatic rings. The summed E-state index contributed by atoms with van der Waals surface area (Å²) in [7, 11) is 1.63. The molecule has 0 unspecified atom stereocenters. The topological polar surface area (TPSA) is 55.6 Å². The number of thiophene rings is 1. The van der Waals surface area contributed by atoms with E-state index in [0.29, 0.717) is 30.3 Å². The number of ether oxygens (including phenoxy) is 1. The predicted octanol–water partition coefficient (Wildman–Crippen LogP) is 2.59. The maximum atomic E-state index is 12.5. The second-order valence-corrected chi connectivity index (χ2v) is 5.27. The van der Waals surface area contributed by atoms with Gasteiger partial charge in [-0.2, -0.15) is 0 Å². The summed E-state index contributed by atoms with van der Waals surface area (Å²) in [6.07, 6.45) is 0. The summed E-state index contributed by atoms with van der Waals surface area (Å²) in [6, 6.07) is 7.82. The van der Waals surface area contributed by atoms with Crippen LogP contribution >= 0.6 is 11.3 Å². The minimum absolute atomic E-state index is 0.0155. The molecule has 0 atom stereocenters. The van der Waals surface area contributed by atoms with E-state index in [4.69, 9.17) is 10.5 Å². The van der Waals surface area contributed by atoms with Crippen molar-refractivity contribution in [3.8, 4) is 0 Å². The molecule has 0 radical (unpaired) electrons. The average Bonchev–Trinajstić information content (AvgIpc) is 2.77. The number of nitrogen functional groups attached to an aromatic ring is 1. The SMILES string of the molecule is CCN(CCOC)C(=O)c1sc2ccccc2c1N. The molecule has 4 nitrogen and oxygen atoms in total. The van der Waals surface area contributed by atoms with Crippen LogP contribution in [0, 0.1) is 0 Å². The van der Waals surface area contributed by atoms with E-state index in [2.05, 4.69) is 0 Å². The first-order valence-corrected chi connectivity index (χ1v) is 7.05. The molecule has 1 aromatic carbocycles. The van der Waals surface area contributed by atoms with Gasteiger partial charge in [0.25, 0.3) is 5.91 Å². The molecule has 0 fully saturated rings. The number of benzene rings is 1. The minimum atomic E-state index is -0.0155. The number of rotatable bonds is 5. The van der Waals surface area contributed by atoms with Crippen LogP contribution in [0.25, 0.3) is 10.1 Å². The number of nitrogens with two attached hydrogens (primary N) is 1. The Bertz CT molecular complexity index is 580. The Balaban J connectivity index is 2.32. The zero-order valence-corrected chi connectivity index (χ0v) is 12.0. The average molecular weight is 278 g/mol. The molecule has 2 N–H and O–H groups in total. The van der Waals surface area contributed by atoms with Crippen LogP contribution in [0.1, 0.15) is 16.6 Å². The molecule has 5 heteroatoms. The molecule has 1 amide bonds. The van der Waals surface area contributed by atoms with E-state index in [-0.39, 0.29) is 5.91 Å². The number of hydrogen-bond acceptors (Lipinski definition) is 4. The van der Waals surface area contributed by atoms with E-state index in [1.54, 1.807) is 12.0 Å². The summed E-state index contributed by atoms with van der Waals surface area (Å²) in [6.45, 7) is 3.72. The van der Waals surface area contributed by atoms with Crippen molar-refractivity contribution in [2.24, 2.45) is 0 Å². The number of likely N-dealkylation sites (N-methyl/N-ethyl adjacent to an activating group) is 1. The van der Waals surface area contributed by atoms with Crippen molar-refractivity contribution in [2.75, 3.05) is 32.5 Å². The Labute approximate surface area is 116 Å². The van der Waals surface area contributed by atoms with E-state index in [1.165, 1.54) is 11.3 Å². The molecular formula is C14H18N2O2S. The van der Waals surface area contributed by atoms with Crippen LogP contribution in [-0.4, -0.2) is 37.6 Å². The fourth-order valence-corrected chi connectivity index (χ4v) is 3.06. The second kappa shape index (κ2) is 6.04. The van der Waals surface area contributed by atoms with Gasteiger partial charge in [-0.15, -0.1) is 11.3 Å². The highest BCUT2D eigenvalue weighted by Gasteiger charge is 2.20. The van der Waals surface area contributed by atoms with Crippen LogP contribution in [-0.2, 0) is 4.74 Å². The van der Waals surface area contributed by atoms with Crippen molar-refractivity contribution in [3.05, 3.63) is 29.1 Å². The molecule has 102 valence electrons. The first-order chi connectivity index (χ1) is 9.19. The largest absolute Gasteiger partial charge is 0.397 e. The number of carbonyl (C=O) groups is 1. The van der Waals surface area contributed by atoms with E-state index >= 15 is 0 Å². The lowest BCUT2D eigenvalue weighted by Crippen LogP contribution is -2.33. The van der Waals surface area contributed by atoms with E-state index in [9.17, 15) is 4.79 Å². The molecule has 0 aliphatic heterocycles. The molecule has 0 saturated heterocycles. The van der Waals surface area contributed by atoms with Crippen molar-refractivity contribution in [1.82, 2.24) is 4.90 Å². The van der Waals surface area contributed by atoms with Crippen LogP contribution in [0.2, 0.25) is 0 Å². The number of nitrogens with zero attached hydrogens (tertiary/aromatic N) is 1. The quantitative estimate of drug-likeness (QED) is 0.914. The Kier molecular flexibility index (Phi) is 4.39. The van der Waals surface area contributed by atoms with Gasteiger partial charge in [0.05, 0.1) is 12.3 Å². The van der Waals surface area contributed by atoms with Gasteiger partial charge < -0.3 is 15.4 Å². The number of methoxy groups -OCH3 is 1. The Morgan fingerprint density at radius 3 is 2.79 bits per heavy atom. The van der Waals surface area contributed by atoms with Gasteiger partial charge in [-0.05, 0) is 13.0 Å². The van der Waals surface area contributed by atoms with Gasteiger partial charge in [-0.25, -0.2) is 0 Å². The van der Waals surface area contributed by atoms with Crippen molar-refractivity contribution in [2.45, 2.75) is 6.92 Å². The molecule has 0 spiro atoms. The number of hydrogen-bond donors (Lipinski definition) is 1. The summed E-state index contributed by atoms with van der Waals surface area (Å²) in [4.78, 5) is 14.9. The van der Waals surface area contributed by atoms with Crippen LogP contribution in [0.4, 0.5) is 5.69 Å². The van der Waals surface area contributed by atoms with Gasteiger partial charge in [0.2, 0.25) is 0 Å². The molecular weight excluding hydrogens is 260 g/mol. The highest BCUT2D eigenvalue weighted by molar-refractivity contribution is 7.21. The zero-order chi connectivity index (χ0) is 13.8. The lowest BCUT2D eigenvalue weighted by molar-refractivity contribution is 0.0712. The van der Waals surface area contributed by atoms with Crippen LogP contribution in [0.15, 0.2) is 24.3 Å². The number of carbonyl (C=O) groups excluding carboxylic acids is 1. The van der Waals surface area contributed by atoms with Crippen LogP contribution < -0.4 is 5.73 Å². The maximum Gasteiger partial charge on any atom is 0.266 e. The van der Waals surface area contributed by atoms with Gasteiger partial charge >= 0.3 is 0 Å². The maximum absolute atomic E-state index is 12.5. The summed E-state index contributed by atoms with van der Waals surface area (Å²) in [5.41, 5.74) is 6.68. The summed E-state index contributed by atoms with van der Waals surface area (Å²) in [5, 5.41) is 0.957. The van der Waals surface area contributed by atoms with Gasteiger partial charge in [0.15, 0.2) is 0 Å². The number of amides is 1. The fourth-order valence-electron chi connectivity index (χ4n) is 1.97. The first kappa shape index (κ1) is 13.8. The molecule has 0 saturated carbocycles. The second-order valence-electron chi connectivity index (χ2n) is 4.22. The lowest BCUT2D eigenvalue weighted by Gasteiger charge is -2.19. The normalized spacial score (nSPS) is 10.8. The van der Waals surface area contributed by atoms with Gasteiger partial charge in [-0.3, -0.25) is 4.79 Å². The Morgan fingerprint density at radius 1 is 1.42 bits per heavy atom. The van der Waals surface area contributed by atoms with Crippen LogP contribution in [0.5, 0.6) is 0 Å². The first-order valence-electron chi connectivity index (χ1n) is 6.24. The Hall–Kier alpha value is -1.59.